The fourth-order valence-electron chi connectivity index (χ4n) is 3.01. The summed E-state index contributed by atoms with van der Waals surface area (Å²) in [6, 6.07) is 24.2. The first-order chi connectivity index (χ1) is 12.6. The first-order valence-corrected chi connectivity index (χ1v) is 9.01. The lowest BCUT2D eigenvalue weighted by Crippen LogP contribution is -2.36. The number of fused-ring (bicyclic) bond motifs is 1. The van der Waals surface area contributed by atoms with Crippen molar-refractivity contribution in [1.82, 2.24) is 0 Å². The van der Waals surface area contributed by atoms with Crippen LogP contribution >= 0.6 is 15.9 Å². The largest absolute Gasteiger partial charge is 0.440 e. The van der Waals surface area contributed by atoms with Crippen LogP contribution in [0.5, 0.6) is 11.5 Å². The van der Waals surface area contributed by atoms with Crippen molar-refractivity contribution in [3.05, 3.63) is 95.6 Å². The van der Waals surface area contributed by atoms with Gasteiger partial charge in [-0.2, -0.15) is 0 Å². The van der Waals surface area contributed by atoms with Crippen molar-refractivity contribution in [3.8, 4) is 11.5 Å². The third-order valence-corrected chi connectivity index (χ3v) is 4.68. The summed E-state index contributed by atoms with van der Waals surface area (Å²) in [5, 5.41) is 8.22. The van der Waals surface area contributed by atoms with E-state index in [1.54, 1.807) is 18.2 Å². The van der Waals surface area contributed by atoms with Gasteiger partial charge in [0.25, 0.3) is 0 Å². The number of alkyl halides is 1. The van der Waals surface area contributed by atoms with E-state index in [9.17, 15) is 9.90 Å². The molecule has 3 aromatic carbocycles. The van der Waals surface area contributed by atoms with Crippen molar-refractivity contribution in [2.24, 2.45) is 0 Å². The fraction of sp³-hybridized carbons (Fsp3) is 0.0952. The van der Waals surface area contributed by atoms with Gasteiger partial charge in [-0.25, -0.2) is 0 Å². The fourth-order valence-corrected chi connectivity index (χ4v) is 3.28. The van der Waals surface area contributed by atoms with Gasteiger partial charge >= 0.3 is 5.79 Å². The number of ketones is 1. The van der Waals surface area contributed by atoms with E-state index in [1.165, 1.54) is 0 Å². The average Bonchev–Trinajstić information content (AvgIpc) is 3.08. The summed E-state index contributed by atoms with van der Waals surface area (Å²) in [5.41, 5.74) is 2.03. The molecule has 4 rings (SSSR count). The molecule has 130 valence electrons. The molecule has 0 fully saturated rings. The summed E-state index contributed by atoms with van der Waals surface area (Å²) in [6.45, 7) is 0. The second kappa shape index (κ2) is 6.59. The van der Waals surface area contributed by atoms with Gasteiger partial charge < -0.3 is 14.6 Å². The molecule has 0 bridgehead atoms. The third kappa shape index (κ3) is 2.79. The number of aliphatic hydroxyl groups is 1. The molecule has 1 heterocycles. The molecule has 1 unspecified atom stereocenters. The molecule has 0 saturated carbocycles. The highest BCUT2D eigenvalue weighted by Crippen LogP contribution is 2.47. The Hall–Kier alpha value is -2.63. The van der Waals surface area contributed by atoms with E-state index in [0.29, 0.717) is 17.1 Å². The Bertz CT molecular complexity index is 899. The lowest BCUT2D eigenvalue weighted by molar-refractivity contribution is -0.0459. The molecule has 1 aliphatic rings. The van der Waals surface area contributed by atoms with Crippen LogP contribution in [0.4, 0.5) is 0 Å². The zero-order chi connectivity index (χ0) is 18.1. The molecule has 1 N–H and O–H groups in total. The summed E-state index contributed by atoms with van der Waals surface area (Å²) < 4.78 is 12.5. The van der Waals surface area contributed by atoms with Gasteiger partial charge in [0.05, 0.1) is 0 Å². The summed E-state index contributed by atoms with van der Waals surface area (Å²) in [5.74, 6) is -0.567. The molecule has 0 aromatic heterocycles. The minimum Gasteiger partial charge on any atom is -0.440 e. The van der Waals surface area contributed by atoms with E-state index in [2.05, 4.69) is 15.9 Å². The minimum absolute atomic E-state index is 0.341. The maximum Gasteiger partial charge on any atom is 0.305 e. The topological polar surface area (TPSA) is 55.8 Å². The molecule has 1 atom stereocenters. The molecule has 0 aliphatic carbocycles. The van der Waals surface area contributed by atoms with Gasteiger partial charge in [0.1, 0.15) is 0 Å². The standard InChI is InChI=1S/C21H15BrO4/c22-20(24)19(23)14-11-12-17-18(13-14)26-21(25-17,15-7-3-1-4-8-15)16-9-5-2-6-10-16/h1-13,20,24H. The van der Waals surface area contributed by atoms with Gasteiger partial charge in [-0.1, -0.05) is 60.7 Å². The van der Waals surface area contributed by atoms with Crippen molar-refractivity contribution >= 4 is 21.7 Å². The second-order valence-corrected chi connectivity index (χ2v) is 6.78. The Balaban J connectivity index is 1.81. The molecule has 0 radical (unpaired) electrons. The smallest absolute Gasteiger partial charge is 0.305 e. The molecule has 3 aromatic rings. The number of hydrogen-bond donors (Lipinski definition) is 1. The van der Waals surface area contributed by atoms with Gasteiger partial charge in [0.15, 0.2) is 16.5 Å². The number of ether oxygens (including phenoxy) is 2. The second-order valence-electron chi connectivity index (χ2n) is 5.91. The Morgan fingerprint density at radius 3 is 1.92 bits per heavy atom. The van der Waals surface area contributed by atoms with Gasteiger partial charge in [-0.3, -0.25) is 4.79 Å². The molecule has 0 amide bonds. The van der Waals surface area contributed by atoms with Crippen LogP contribution in [-0.4, -0.2) is 15.9 Å². The SMILES string of the molecule is O=C(c1ccc2c(c1)OC(c1ccccc1)(c1ccccc1)O2)C(O)Br. The summed E-state index contributed by atoms with van der Waals surface area (Å²) in [6.07, 6.45) is 0. The molecular weight excluding hydrogens is 396 g/mol. The Labute approximate surface area is 159 Å². The highest BCUT2D eigenvalue weighted by atomic mass is 79.9. The zero-order valence-corrected chi connectivity index (χ0v) is 15.2. The number of halogens is 1. The average molecular weight is 411 g/mol. The first-order valence-electron chi connectivity index (χ1n) is 8.10. The van der Waals surface area contributed by atoms with Crippen LogP contribution in [0, 0.1) is 0 Å². The maximum atomic E-state index is 12.1. The number of carbonyl (C=O) groups excluding carboxylic acids is 1. The third-order valence-electron chi connectivity index (χ3n) is 4.26. The number of rotatable bonds is 4. The highest BCUT2D eigenvalue weighted by molar-refractivity contribution is 9.09. The molecule has 4 nitrogen and oxygen atoms in total. The van der Waals surface area contributed by atoms with E-state index < -0.39 is 16.6 Å². The predicted octanol–water partition coefficient (Wildman–Crippen LogP) is 4.26. The van der Waals surface area contributed by atoms with Crippen LogP contribution in [0.25, 0.3) is 0 Å². The van der Waals surface area contributed by atoms with E-state index in [-0.39, 0.29) is 0 Å². The van der Waals surface area contributed by atoms with E-state index in [0.717, 1.165) is 11.1 Å². The van der Waals surface area contributed by atoms with Crippen molar-refractivity contribution in [1.29, 1.82) is 0 Å². The van der Waals surface area contributed by atoms with E-state index >= 15 is 0 Å². The maximum absolute atomic E-state index is 12.1. The minimum atomic E-state index is -1.25. The number of benzene rings is 3. The Morgan fingerprint density at radius 1 is 0.846 bits per heavy atom. The predicted molar refractivity (Wildman–Crippen MR) is 101 cm³/mol. The molecule has 1 aliphatic heterocycles. The first kappa shape index (κ1) is 16.8. The van der Waals surface area contributed by atoms with Crippen LogP contribution in [0.2, 0.25) is 0 Å². The van der Waals surface area contributed by atoms with Crippen LogP contribution in [0.1, 0.15) is 21.5 Å². The normalized spacial score (nSPS) is 15.5. The van der Waals surface area contributed by atoms with Gasteiger partial charge in [-0.15, -0.1) is 0 Å². The summed E-state index contributed by atoms with van der Waals surface area (Å²) in [7, 11) is 0. The Morgan fingerprint density at radius 2 is 1.38 bits per heavy atom. The number of carbonyl (C=O) groups is 1. The van der Waals surface area contributed by atoms with Gasteiger partial charge in [-0.05, 0) is 34.1 Å². The number of hydrogen-bond acceptors (Lipinski definition) is 4. The van der Waals surface area contributed by atoms with Crippen molar-refractivity contribution < 1.29 is 19.4 Å². The lowest BCUT2D eigenvalue weighted by Gasteiger charge is -2.28. The van der Waals surface area contributed by atoms with Crippen molar-refractivity contribution in [2.75, 3.05) is 0 Å². The van der Waals surface area contributed by atoms with E-state index in [1.807, 2.05) is 60.7 Å². The molecular formula is C21H15BrO4. The van der Waals surface area contributed by atoms with Crippen LogP contribution in [-0.2, 0) is 5.79 Å². The molecule has 26 heavy (non-hydrogen) atoms. The number of Topliss-reactive ketones (excluding diaryl/α,β-unsaturated/α-hetero) is 1. The summed E-state index contributed by atoms with van der Waals surface area (Å²) >= 11 is 2.89. The number of aliphatic hydroxyl groups excluding tert-OH is 1. The summed E-state index contributed by atoms with van der Waals surface area (Å²) in [4.78, 5) is 12.1. The lowest BCUT2D eigenvalue weighted by atomic mass is 9.97. The van der Waals surface area contributed by atoms with Gasteiger partial charge in [0, 0.05) is 16.7 Å². The Kier molecular flexibility index (Phi) is 4.26. The van der Waals surface area contributed by atoms with Gasteiger partial charge in [0.2, 0.25) is 5.78 Å². The molecule has 5 heteroatoms. The van der Waals surface area contributed by atoms with Crippen molar-refractivity contribution in [2.45, 2.75) is 10.8 Å². The molecule has 0 spiro atoms. The quantitative estimate of drug-likeness (QED) is 0.515. The van der Waals surface area contributed by atoms with E-state index in [4.69, 9.17) is 9.47 Å². The van der Waals surface area contributed by atoms with Crippen molar-refractivity contribution in [3.63, 3.8) is 0 Å². The monoisotopic (exact) mass is 410 g/mol. The zero-order valence-electron chi connectivity index (χ0n) is 13.6. The van der Waals surface area contributed by atoms with Crippen LogP contribution in [0.3, 0.4) is 0 Å². The van der Waals surface area contributed by atoms with Crippen LogP contribution < -0.4 is 9.47 Å². The molecule has 0 saturated heterocycles. The van der Waals surface area contributed by atoms with Crippen LogP contribution in [0.15, 0.2) is 78.9 Å². The highest BCUT2D eigenvalue weighted by Gasteiger charge is 2.45.